The third-order valence-electron chi connectivity index (χ3n) is 2.89. The fourth-order valence-corrected chi connectivity index (χ4v) is 3.65. The van der Waals surface area contributed by atoms with Crippen LogP contribution in [0.25, 0.3) is 0 Å². The summed E-state index contributed by atoms with van der Waals surface area (Å²) in [6.45, 7) is 1.55. The van der Waals surface area contributed by atoms with Crippen molar-refractivity contribution in [1.29, 1.82) is 0 Å². The SMILES string of the molecule is Cc1ccsc1CNS(=O)(=O)c1ccc(F)c(CO)c1. The highest BCUT2D eigenvalue weighted by atomic mass is 32.2. The standard InChI is InChI=1S/C13H14FNO3S2/c1-9-4-5-19-13(9)7-15-20(17,18)11-2-3-12(14)10(6-11)8-16/h2-6,15-16H,7-8H2,1H3. The van der Waals surface area contributed by atoms with Crippen LogP contribution >= 0.6 is 11.3 Å². The molecule has 0 aliphatic carbocycles. The Morgan fingerprint density at radius 1 is 1.35 bits per heavy atom. The van der Waals surface area contributed by atoms with Crippen molar-refractivity contribution in [3.05, 3.63) is 51.5 Å². The molecule has 0 atom stereocenters. The van der Waals surface area contributed by atoms with Crippen LogP contribution in [0.1, 0.15) is 16.0 Å². The molecule has 0 saturated carbocycles. The van der Waals surface area contributed by atoms with E-state index in [0.29, 0.717) is 0 Å². The summed E-state index contributed by atoms with van der Waals surface area (Å²) in [5.74, 6) is -0.624. The third-order valence-corrected chi connectivity index (χ3v) is 5.31. The van der Waals surface area contributed by atoms with Crippen molar-refractivity contribution in [3.63, 3.8) is 0 Å². The molecule has 4 nitrogen and oxygen atoms in total. The number of aliphatic hydroxyl groups excluding tert-OH is 1. The summed E-state index contributed by atoms with van der Waals surface area (Å²) in [4.78, 5) is 0.871. The minimum atomic E-state index is -3.72. The van der Waals surface area contributed by atoms with Crippen LogP contribution < -0.4 is 4.72 Å². The number of rotatable bonds is 5. The topological polar surface area (TPSA) is 66.4 Å². The second-order valence-corrected chi connectivity index (χ2v) is 7.03. The summed E-state index contributed by atoms with van der Waals surface area (Å²) in [5, 5.41) is 10.9. The Balaban J connectivity index is 2.20. The van der Waals surface area contributed by atoms with Crippen molar-refractivity contribution in [1.82, 2.24) is 4.72 Å². The van der Waals surface area contributed by atoms with Gasteiger partial charge in [0.2, 0.25) is 10.0 Å². The highest BCUT2D eigenvalue weighted by Gasteiger charge is 2.16. The number of benzene rings is 1. The average Bonchev–Trinajstić information content (AvgIpc) is 2.82. The Morgan fingerprint density at radius 3 is 2.70 bits per heavy atom. The Morgan fingerprint density at radius 2 is 2.10 bits per heavy atom. The molecule has 0 spiro atoms. The van der Waals surface area contributed by atoms with E-state index in [9.17, 15) is 12.8 Å². The second kappa shape index (κ2) is 6.01. The fourth-order valence-electron chi connectivity index (χ4n) is 1.67. The van der Waals surface area contributed by atoms with Crippen LogP contribution in [-0.2, 0) is 23.2 Å². The number of thiophene rings is 1. The number of hydrogen-bond acceptors (Lipinski definition) is 4. The molecule has 1 heterocycles. The Bertz CT molecular complexity index is 710. The smallest absolute Gasteiger partial charge is 0.240 e. The van der Waals surface area contributed by atoms with Gasteiger partial charge in [-0.05, 0) is 42.1 Å². The van der Waals surface area contributed by atoms with E-state index in [-0.39, 0.29) is 17.0 Å². The lowest BCUT2D eigenvalue weighted by atomic mass is 10.2. The molecule has 0 amide bonds. The molecule has 7 heteroatoms. The zero-order valence-electron chi connectivity index (χ0n) is 10.8. The minimum Gasteiger partial charge on any atom is -0.392 e. The third kappa shape index (κ3) is 3.24. The minimum absolute atomic E-state index is 0.0415. The van der Waals surface area contributed by atoms with Crippen molar-refractivity contribution in [3.8, 4) is 0 Å². The number of aliphatic hydroxyl groups is 1. The van der Waals surface area contributed by atoms with E-state index < -0.39 is 22.4 Å². The largest absolute Gasteiger partial charge is 0.392 e. The molecule has 2 N–H and O–H groups in total. The van der Waals surface area contributed by atoms with Gasteiger partial charge in [0.25, 0.3) is 0 Å². The molecule has 2 aromatic rings. The van der Waals surface area contributed by atoms with Gasteiger partial charge in [-0.2, -0.15) is 0 Å². The first-order valence-corrected chi connectivity index (χ1v) is 8.22. The van der Waals surface area contributed by atoms with Crippen LogP contribution in [0.4, 0.5) is 4.39 Å². The summed E-state index contributed by atoms with van der Waals surface area (Å²) in [7, 11) is -3.72. The summed E-state index contributed by atoms with van der Waals surface area (Å²) < 4.78 is 39.9. The van der Waals surface area contributed by atoms with Gasteiger partial charge in [-0.15, -0.1) is 11.3 Å². The van der Waals surface area contributed by atoms with E-state index in [0.717, 1.165) is 22.6 Å². The highest BCUT2D eigenvalue weighted by Crippen LogP contribution is 2.18. The first-order chi connectivity index (χ1) is 9.44. The molecule has 0 saturated heterocycles. The van der Waals surface area contributed by atoms with Crippen LogP contribution in [0, 0.1) is 12.7 Å². The van der Waals surface area contributed by atoms with Crippen molar-refractivity contribution < 1.29 is 17.9 Å². The molecule has 20 heavy (non-hydrogen) atoms. The van der Waals surface area contributed by atoms with Gasteiger partial charge in [-0.3, -0.25) is 0 Å². The van der Waals surface area contributed by atoms with Crippen LogP contribution in [0.15, 0.2) is 34.5 Å². The van der Waals surface area contributed by atoms with Crippen molar-refractivity contribution in [2.45, 2.75) is 25.0 Å². The maximum absolute atomic E-state index is 13.2. The van der Waals surface area contributed by atoms with E-state index >= 15 is 0 Å². The lowest BCUT2D eigenvalue weighted by molar-refractivity contribution is 0.275. The van der Waals surface area contributed by atoms with E-state index in [4.69, 9.17) is 5.11 Å². The maximum Gasteiger partial charge on any atom is 0.240 e. The fraction of sp³-hybridized carbons (Fsp3) is 0.231. The monoisotopic (exact) mass is 315 g/mol. The Labute approximate surface area is 120 Å². The number of nitrogens with one attached hydrogen (secondary N) is 1. The van der Waals surface area contributed by atoms with Gasteiger partial charge in [-0.1, -0.05) is 0 Å². The predicted octanol–water partition coefficient (Wildman–Crippen LogP) is 2.17. The maximum atomic E-state index is 13.2. The quantitative estimate of drug-likeness (QED) is 0.888. The molecule has 1 aromatic carbocycles. The van der Waals surface area contributed by atoms with Gasteiger partial charge in [-0.25, -0.2) is 17.5 Å². The predicted molar refractivity (Wildman–Crippen MR) is 75.4 cm³/mol. The van der Waals surface area contributed by atoms with Crippen molar-refractivity contribution >= 4 is 21.4 Å². The molecule has 1 aromatic heterocycles. The summed E-state index contributed by atoms with van der Waals surface area (Å²) in [5.41, 5.74) is 0.980. The highest BCUT2D eigenvalue weighted by molar-refractivity contribution is 7.89. The Kier molecular flexibility index (Phi) is 4.54. The molecule has 0 radical (unpaired) electrons. The molecular formula is C13H14FNO3S2. The summed E-state index contributed by atoms with van der Waals surface area (Å²) >= 11 is 1.47. The number of aryl methyl sites for hydroxylation is 1. The van der Waals surface area contributed by atoms with Gasteiger partial charge in [0.15, 0.2) is 0 Å². The first kappa shape index (κ1) is 15.1. The van der Waals surface area contributed by atoms with Crippen molar-refractivity contribution in [2.75, 3.05) is 0 Å². The summed E-state index contributed by atoms with van der Waals surface area (Å²) in [6.07, 6.45) is 0. The van der Waals surface area contributed by atoms with Gasteiger partial charge in [0, 0.05) is 17.0 Å². The summed E-state index contributed by atoms with van der Waals surface area (Å²) in [6, 6.07) is 5.27. The van der Waals surface area contributed by atoms with Gasteiger partial charge in [0.05, 0.1) is 11.5 Å². The molecule has 0 fully saturated rings. The first-order valence-electron chi connectivity index (χ1n) is 5.86. The molecule has 0 aliphatic heterocycles. The molecule has 0 bridgehead atoms. The molecule has 0 unspecified atom stereocenters. The van der Waals surface area contributed by atoms with Gasteiger partial charge < -0.3 is 5.11 Å². The molecule has 2 rings (SSSR count). The lowest BCUT2D eigenvalue weighted by Crippen LogP contribution is -2.23. The molecule has 108 valence electrons. The second-order valence-electron chi connectivity index (χ2n) is 4.26. The van der Waals surface area contributed by atoms with Crippen LogP contribution in [0.3, 0.4) is 0 Å². The number of hydrogen-bond donors (Lipinski definition) is 2. The number of sulfonamides is 1. The van der Waals surface area contributed by atoms with Gasteiger partial charge in [0.1, 0.15) is 5.82 Å². The molecule has 0 aliphatic rings. The molecular weight excluding hydrogens is 301 g/mol. The zero-order chi connectivity index (χ0) is 14.8. The van der Waals surface area contributed by atoms with Crippen LogP contribution in [0.2, 0.25) is 0 Å². The van der Waals surface area contributed by atoms with Crippen molar-refractivity contribution in [2.24, 2.45) is 0 Å². The van der Waals surface area contributed by atoms with Crippen LogP contribution in [-0.4, -0.2) is 13.5 Å². The van der Waals surface area contributed by atoms with Crippen LogP contribution in [0.5, 0.6) is 0 Å². The van der Waals surface area contributed by atoms with E-state index in [1.54, 1.807) is 0 Å². The van der Waals surface area contributed by atoms with E-state index in [1.165, 1.54) is 17.4 Å². The normalized spacial score (nSPS) is 11.8. The number of halogens is 1. The Hall–Kier alpha value is -1.28. The average molecular weight is 315 g/mol. The lowest BCUT2D eigenvalue weighted by Gasteiger charge is -2.08. The zero-order valence-corrected chi connectivity index (χ0v) is 12.4. The van der Waals surface area contributed by atoms with E-state index in [2.05, 4.69) is 4.72 Å². The van der Waals surface area contributed by atoms with Gasteiger partial charge >= 0.3 is 0 Å². The van der Waals surface area contributed by atoms with E-state index in [1.807, 2.05) is 18.4 Å².